The summed E-state index contributed by atoms with van der Waals surface area (Å²) in [4.78, 5) is 0. The van der Waals surface area contributed by atoms with Crippen LogP contribution in [0.2, 0.25) is 0 Å². The Labute approximate surface area is 310 Å². The Morgan fingerprint density at radius 3 is 1.26 bits per heavy atom. The minimum Gasteiger partial charge on any atom is -0.310 e. The molecule has 2 nitrogen and oxygen atoms in total. The maximum Gasteiger partial charge on any atom is 0.252 e. The van der Waals surface area contributed by atoms with Crippen LogP contribution in [0.25, 0.3) is 121 Å². The molecule has 0 fully saturated rings. The highest BCUT2D eigenvalue weighted by Gasteiger charge is 2.43. The minimum atomic E-state index is 0.0980. The molecule has 4 aliphatic rings. The van der Waals surface area contributed by atoms with Crippen molar-refractivity contribution in [2.75, 3.05) is 0 Å². The predicted molar refractivity (Wildman–Crippen MR) is 228 cm³/mol. The minimum absolute atomic E-state index is 0.0980. The molecule has 0 unspecified atom stereocenters. The number of rotatable bonds is 0. The molecule has 0 amide bonds. The molecule has 0 atom stereocenters. The van der Waals surface area contributed by atoms with E-state index in [0.717, 1.165) is 0 Å². The van der Waals surface area contributed by atoms with Crippen molar-refractivity contribution in [1.82, 2.24) is 9.13 Å². The third-order valence-corrected chi connectivity index (χ3v) is 13.6. The molecule has 0 N–H and O–H groups in total. The summed E-state index contributed by atoms with van der Waals surface area (Å²) in [6.45, 7) is 2.38. The van der Waals surface area contributed by atoms with E-state index in [1.54, 1.807) is 0 Å². The van der Waals surface area contributed by atoms with Crippen LogP contribution in [-0.2, 0) is 0 Å². The molecule has 244 valence electrons. The van der Waals surface area contributed by atoms with Crippen LogP contribution in [0.5, 0.6) is 0 Å². The molecule has 0 radical (unpaired) electrons. The molecule has 0 spiro atoms. The molecule has 11 aromatic rings. The first-order chi connectivity index (χ1) is 26.7. The normalized spacial score (nSPS) is 13.6. The van der Waals surface area contributed by atoms with Crippen LogP contribution in [0.4, 0.5) is 0 Å². The maximum atomic E-state index is 2.64. The summed E-state index contributed by atoms with van der Waals surface area (Å²) < 4.78 is 5.29. The summed E-state index contributed by atoms with van der Waals surface area (Å²) in [6, 6.07) is 56.1. The zero-order valence-electron chi connectivity index (χ0n) is 29.3. The molecule has 0 bridgehead atoms. The summed E-state index contributed by atoms with van der Waals surface area (Å²) in [6.07, 6.45) is 0. The summed E-state index contributed by atoms with van der Waals surface area (Å²) in [5.74, 6) is 0. The second kappa shape index (κ2) is 8.68. The third-order valence-electron chi connectivity index (χ3n) is 13.6. The first-order valence-corrected chi connectivity index (χ1v) is 19.1. The lowest BCUT2D eigenvalue weighted by Gasteiger charge is -2.34. The van der Waals surface area contributed by atoms with E-state index in [1.165, 1.54) is 143 Å². The molecular weight excluding hydrogens is 651 g/mol. The second-order valence-electron chi connectivity index (χ2n) is 16.0. The van der Waals surface area contributed by atoms with Gasteiger partial charge in [0.25, 0.3) is 6.71 Å². The van der Waals surface area contributed by atoms with Crippen molar-refractivity contribution in [3.63, 3.8) is 0 Å². The van der Waals surface area contributed by atoms with Gasteiger partial charge in [0.1, 0.15) is 0 Å². The van der Waals surface area contributed by atoms with E-state index in [2.05, 4.69) is 162 Å². The Kier molecular flexibility index (Phi) is 4.32. The summed E-state index contributed by atoms with van der Waals surface area (Å²) in [5.41, 5.74) is 24.0. The SMILES string of the molecule is Cc1cc2c3c(c1)-n1c4ccc5cccc6c5c4c4c(ccc(c41)B3c1ccc3c4c5c7c(cccc7ccc5n-2c14)-c1ccccc1-3)-c1ccccc1-6. The first kappa shape index (κ1) is 26.9. The van der Waals surface area contributed by atoms with Gasteiger partial charge < -0.3 is 9.13 Å². The lowest BCUT2D eigenvalue weighted by molar-refractivity contribution is 1.13. The number of benzene rings is 9. The van der Waals surface area contributed by atoms with Crippen LogP contribution >= 0.6 is 0 Å². The number of aryl methyl sites for hydroxylation is 1. The Morgan fingerprint density at radius 2 is 0.796 bits per heavy atom. The predicted octanol–water partition coefficient (Wildman–Crippen LogP) is 10.9. The summed E-state index contributed by atoms with van der Waals surface area (Å²) in [5, 5.41) is 10.9. The van der Waals surface area contributed by atoms with E-state index in [1.807, 2.05) is 0 Å². The van der Waals surface area contributed by atoms with Gasteiger partial charge in [0.15, 0.2) is 0 Å². The molecular formula is C51H27BN2. The molecule has 2 aliphatic heterocycles. The third kappa shape index (κ3) is 2.74. The number of hydrogen-bond acceptors (Lipinski definition) is 0. The van der Waals surface area contributed by atoms with Gasteiger partial charge in [-0.3, -0.25) is 0 Å². The maximum absolute atomic E-state index is 2.64. The van der Waals surface area contributed by atoms with Gasteiger partial charge >= 0.3 is 0 Å². The quantitative estimate of drug-likeness (QED) is 0.141. The zero-order valence-corrected chi connectivity index (χ0v) is 29.3. The largest absolute Gasteiger partial charge is 0.310 e. The second-order valence-corrected chi connectivity index (χ2v) is 16.0. The van der Waals surface area contributed by atoms with Crippen molar-refractivity contribution >= 4 is 88.3 Å². The fraction of sp³-hybridized carbons (Fsp3) is 0.0196. The van der Waals surface area contributed by atoms with Gasteiger partial charge in [-0.2, -0.15) is 0 Å². The van der Waals surface area contributed by atoms with Gasteiger partial charge in [-0.05, 0) is 119 Å². The summed E-state index contributed by atoms with van der Waals surface area (Å²) >= 11 is 0. The Morgan fingerprint density at radius 1 is 0.370 bits per heavy atom. The average Bonchev–Trinajstić information content (AvgIpc) is 3.67. The van der Waals surface area contributed by atoms with Crippen molar-refractivity contribution in [3.05, 3.63) is 151 Å². The summed E-state index contributed by atoms with van der Waals surface area (Å²) in [7, 11) is 0. The molecule has 0 saturated heterocycles. The Hall–Kier alpha value is -6.84. The molecule has 2 aliphatic carbocycles. The van der Waals surface area contributed by atoms with Crippen LogP contribution in [0, 0.1) is 6.92 Å². The van der Waals surface area contributed by atoms with E-state index in [0.29, 0.717) is 0 Å². The van der Waals surface area contributed by atoms with Crippen LogP contribution in [0.3, 0.4) is 0 Å². The van der Waals surface area contributed by atoms with Crippen LogP contribution in [-0.4, -0.2) is 15.8 Å². The molecule has 9 aromatic carbocycles. The van der Waals surface area contributed by atoms with E-state index in [9.17, 15) is 0 Å². The Balaban J connectivity index is 1.19. The van der Waals surface area contributed by atoms with Crippen LogP contribution < -0.4 is 16.4 Å². The van der Waals surface area contributed by atoms with Gasteiger partial charge in [-0.1, -0.05) is 121 Å². The number of fused-ring (bicyclic) bond motifs is 12. The van der Waals surface area contributed by atoms with Crippen molar-refractivity contribution in [2.24, 2.45) is 0 Å². The molecule has 15 rings (SSSR count). The fourth-order valence-electron chi connectivity index (χ4n) is 11.7. The van der Waals surface area contributed by atoms with Crippen molar-refractivity contribution in [2.45, 2.75) is 6.92 Å². The van der Waals surface area contributed by atoms with Gasteiger partial charge in [0.05, 0.1) is 22.1 Å². The zero-order chi connectivity index (χ0) is 34.7. The van der Waals surface area contributed by atoms with E-state index < -0.39 is 0 Å². The highest BCUT2D eigenvalue weighted by atomic mass is 15.0. The average molecular weight is 679 g/mol. The van der Waals surface area contributed by atoms with Crippen LogP contribution in [0.1, 0.15) is 5.56 Å². The highest BCUT2D eigenvalue weighted by Crippen LogP contribution is 2.52. The topological polar surface area (TPSA) is 9.86 Å². The van der Waals surface area contributed by atoms with E-state index in [4.69, 9.17) is 0 Å². The van der Waals surface area contributed by atoms with Crippen molar-refractivity contribution in [1.29, 1.82) is 0 Å². The van der Waals surface area contributed by atoms with E-state index >= 15 is 0 Å². The molecule has 2 aromatic heterocycles. The monoisotopic (exact) mass is 678 g/mol. The molecule has 0 saturated carbocycles. The fourth-order valence-corrected chi connectivity index (χ4v) is 11.7. The van der Waals surface area contributed by atoms with Crippen LogP contribution in [0.15, 0.2) is 146 Å². The lowest BCUT2D eigenvalue weighted by Crippen LogP contribution is -2.59. The van der Waals surface area contributed by atoms with Gasteiger partial charge in [-0.15, -0.1) is 0 Å². The van der Waals surface area contributed by atoms with Crippen molar-refractivity contribution < 1.29 is 0 Å². The highest BCUT2D eigenvalue weighted by molar-refractivity contribution is 7.00. The van der Waals surface area contributed by atoms with Crippen molar-refractivity contribution in [3.8, 4) is 55.9 Å². The van der Waals surface area contributed by atoms with Gasteiger partial charge in [-0.25, -0.2) is 0 Å². The standard InChI is InChI=1S/C51H27BN2/c1-26-24-41-49-42(25-26)54-40-23-17-28-9-7-15-34-30-11-3-5-13-32(30)36-19-21-38(51(54)46(36)48(40)44(28)34)52(49)37-20-18-35-31-12-4-2-10-29(31)33-14-6-8-27-16-22-39-47(43(27)33)45(35)50(37)53(39)41/h2-25H,1H3. The lowest BCUT2D eigenvalue weighted by atomic mass is 9.34. The smallest absolute Gasteiger partial charge is 0.252 e. The van der Waals surface area contributed by atoms with Gasteiger partial charge in [0, 0.05) is 32.9 Å². The molecule has 54 heavy (non-hydrogen) atoms. The van der Waals surface area contributed by atoms with E-state index in [-0.39, 0.29) is 6.71 Å². The first-order valence-electron chi connectivity index (χ1n) is 19.1. The Bertz CT molecular complexity index is 3450. The molecule has 3 heteroatoms. The number of aromatic nitrogens is 2. The number of nitrogens with zero attached hydrogens (tertiary/aromatic N) is 2. The molecule has 4 heterocycles. The van der Waals surface area contributed by atoms with Gasteiger partial charge in [0.2, 0.25) is 0 Å². The number of hydrogen-bond donors (Lipinski definition) is 0.